The predicted octanol–water partition coefficient (Wildman–Crippen LogP) is 4.86. The number of nitrogens with one attached hydrogen (secondary N) is 1. The van der Waals surface area contributed by atoms with E-state index in [2.05, 4.69) is 41.3 Å². The van der Waals surface area contributed by atoms with Crippen molar-refractivity contribution < 1.29 is 23.8 Å². The fourth-order valence-corrected chi connectivity index (χ4v) is 7.30. The van der Waals surface area contributed by atoms with Crippen LogP contribution in [-0.4, -0.2) is 53.8 Å². The van der Waals surface area contributed by atoms with Crippen molar-refractivity contribution in [2.45, 2.75) is 39.2 Å². The molecule has 1 aromatic heterocycles. The first-order valence-corrected chi connectivity index (χ1v) is 13.5. The summed E-state index contributed by atoms with van der Waals surface area (Å²) in [7, 11) is 5.76. The molecule has 0 spiro atoms. The van der Waals surface area contributed by atoms with Crippen molar-refractivity contribution in [2.24, 2.45) is 17.3 Å². The van der Waals surface area contributed by atoms with Crippen molar-refractivity contribution in [2.75, 3.05) is 21.1 Å². The maximum Gasteiger partial charge on any atom is 0.182 e. The maximum absolute atomic E-state index is 14.5. The number of carbonyl (C=O) groups excluding carboxylic acids is 2. The van der Waals surface area contributed by atoms with Crippen molar-refractivity contribution >= 4 is 40.4 Å². The number of Topliss-reactive ketones (excluding diaryl/α,β-unsaturated/α-hetero) is 2. The minimum atomic E-state index is -1.35. The summed E-state index contributed by atoms with van der Waals surface area (Å²) < 4.78 is 7.65. The second-order valence-electron chi connectivity index (χ2n) is 11.6. The first-order valence-electron chi connectivity index (χ1n) is 13.5. The highest BCUT2D eigenvalue weighted by Gasteiger charge is 2.63. The summed E-state index contributed by atoms with van der Waals surface area (Å²) in [6.45, 7) is 8.29. The molecule has 1 saturated carbocycles. The van der Waals surface area contributed by atoms with Crippen molar-refractivity contribution in [3.63, 3.8) is 0 Å². The maximum atomic E-state index is 14.5. The van der Waals surface area contributed by atoms with E-state index < -0.39 is 5.41 Å². The lowest BCUT2D eigenvalue weighted by Gasteiger charge is -2.48. The van der Waals surface area contributed by atoms with E-state index in [-0.39, 0.29) is 35.1 Å². The standard InChI is InChI=1S/C32H33N3O4/c1-7-24-27-29(39-34-24)22(15-35(5)6)23-13-20-12-19-11-18-9-8-17(14-33-4)10-21(18)16(2)25(19)28(36)26(20)30(37)32(23,3)31(27)38/h7-11,15,20,22-23,33H,1,12-14H2,2-6H3/p+1. The van der Waals surface area contributed by atoms with Crippen molar-refractivity contribution in [1.29, 1.82) is 0 Å². The molecule has 0 radical (unpaired) electrons. The van der Waals surface area contributed by atoms with Gasteiger partial charge < -0.3 is 14.9 Å². The van der Waals surface area contributed by atoms with Gasteiger partial charge in [-0.15, -0.1) is 0 Å². The SMILES string of the molecule is C=Cc1noc2c1C(=O)C1(C)C(=O)C3=C(O)c4c(cc5ccc(CNC)cc5c4C)CC3CC1C2C=[N+](C)C. The molecule has 7 heteroatoms. The van der Waals surface area contributed by atoms with E-state index in [1.54, 1.807) is 6.92 Å². The summed E-state index contributed by atoms with van der Waals surface area (Å²) >= 11 is 0. The number of nitrogens with zero attached hydrogens (tertiary/aromatic N) is 2. The Morgan fingerprint density at radius 2 is 2.00 bits per heavy atom. The number of aromatic nitrogens is 1. The fraction of sp³-hybridized carbons (Fsp3) is 0.375. The van der Waals surface area contributed by atoms with Crippen molar-refractivity contribution in [3.8, 4) is 0 Å². The van der Waals surface area contributed by atoms with Crippen LogP contribution in [0.2, 0.25) is 0 Å². The van der Waals surface area contributed by atoms with Crippen LogP contribution in [0.4, 0.5) is 0 Å². The van der Waals surface area contributed by atoms with Crippen LogP contribution >= 0.6 is 0 Å². The Bertz CT molecular complexity index is 1660. The largest absolute Gasteiger partial charge is 0.507 e. The number of hydrogen-bond acceptors (Lipinski definition) is 6. The van der Waals surface area contributed by atoms with E-state index in [1.165, 1.54) is 6.08 Å². The number of hydrogen-bond donors (Lipinski definition) is 2. The Morgan fingerprint density at radius 3 is 2.69 bits per heavy atom. The first kappa shape index (κ1) is 25.4. The second kappa shape index (κ2) is 8.85. The monoisotopic (exact) mass is 524 g/mol. The quantitative estimate of drug-likeness (QED) is 0.288. The molecule has 2 N–H and O–H groups in total. The van der Waals surface area contributed by atoms with E-state index >= 15 is 0 Å². The van der Waals surface area contributed by atoms with E-state index in [9.17, 15) is 14.7 Å². The molecular formula is C32H34N3O4+. The number of fused-ring (bicyclic) bond motifs is 5. The third-order valence-electron chi connectivity index (χ3n) is 9.12. The summed E-state index contributed by atoms with van der Waals surface area (Å²) in [5.74, 6) is -0.916. The molecule has 0 bridgehead atoms. The van der Waals surface area contributed by atoms with Gasteiger partial charge in [0.1, 0.15) is 37.7 Å². The normalized spacial score (nSPS) is 25.6. The van der Waals surface area contributed by atoms with Gasteiger partial charge in [-0.3, -0.25) is 9.59 Å². The van der Waals surface area contributed by atoms with Crippen LogP contribution in [-0.2, 0) is 17.8 Å². The molecule has 4 unspecified atom stereocenters. The Balaban J connectivity index is 1.55. The van der Waals surface area contributed by atoms with Gasteiger partial charge in [0.05, 0.1) is 11.0 Å². The molecule has 0 amide bonds. The molecule has 3 aromatic rings. The molecule has 7 nitrogen and oxygen atoms in total. The Labute approximate surface area is 227 Å². The molecule has 0 saturated heterocycles. The number of allylic oxidation sites excluding steroid dienone is 1. The van der Waals surface area contributed by atoms with Gasteiger partial charge >= 0.3 is 0 Å². The highest BCUT2D eigenvalue weighted by Crippen LogP contribution is 2.58. The average Bonchev–Trinajstić information content (AvgIpc) is 3.33. The van der Waals surface area contributed by atoms with Crippen LogP contribution in [0.15, 0.2) is 40.9 Å². The summed E-state index contributed by atoms with van der Waals surface area (Å²) in [6.07, 6.45) is 4.71. The van der Waals surface area contributed by atoms with Gasteiger partial charge in [-0.2, -0.15) is 0 Å². The Hall–Kier alpha value is -3.84. The zero-order valence-corrected chi connectivity index (χ0v) is 23.1. The molecular weight excluding hydrogens is 490 g/mol. The zero-order valence-electron chi connectivity index (χ0n) is 23.1. The Kier molecular flexibility index (Phi) is 5.77. The van der Waals surface area contributed by atoms with Crippen LogP contribution in [0.1, 0.15) is 63.3 Å². The number of aryl methyl sites for hydroxylation is 1. The summed E-state index contributed by atoms with van der Waals surface area (Å²) in [4.78, 5) is 28.6. The minimum absolute atomic E-state index is 0.0188. The zero-order chi connectivity index (χ0) is 27.8. The summed E-state index contributed by atoms with van der Waals surface area (Å²) in [6, 6.07) is 8.53. The van der Waals surface area contributed by atoms with Gasteiger partial charge in [-0.1, -0.05) is 29.9 Å². The fourth-order valence-electron chi connectivity index (χ4n) is 7.30. The lowest BCUT2D eigenvalue weighted by molar-refractivity contribution is -0.461. The molecule has 3 aliphatic carbocycles. The minimum Gasteiger partial charge on any atom is -0.507 e. The van der Waals surface area contributed by atoms with E-state index in [0.29, 0.717) is 35.4 Å². The van der Waals surface area contributed by atoms with Crippen molar-refractivity contribution in [3.05, 3.63) is 75.7 Å². The van der Waals surface area contributed by atoms with Gasteiger partial charge in [0, 0.05) is 17.7 Å². The van der Waals surface area contributed by atoms with Crippen LogP contribution in [0.25, 0.3) is 22.6 Å². The lowest BCUT2D eigenvalue weighted by atomic mass is 9.51. The molecule has 3 aliphatic rings. The number of aliphatic hydroxyl groups is 1. The molecule has 1 fully saturated rings. The molecule has 6 rings (SSSR count). The van der Waals surface area contributed by atoms with E-state index in [1.807, 2.05) is 38.9 Å². The molecule has 39 heavy (non-hydrogen) atoms. The number of carbonyl (C=O) groups is 2. The van der Waals surface area contributed by atoms with Gasteiger partial charge in [-0.05, 0) is 85.2 Å². The molecule has 200 valence electrons. The third-order valence-corrected chi connectivity index (χ3v) is 9.12. The van der Waals surface area contributed by atoms with Gasteiger partial charge in [-0.25, -0.2) is 4.58 Å². The van der Waals surface area contributed by atoms with Crippen LogP contribution in [0.5, 0.6) is 0 Å². The number of benzene rings is 2. The van der Waals surface area contributed by atoms with Crippen LogP contribution in [0.3, 0.4) is 0 Å². The van der Waals surface area contributed by atoms with Gasteiger partial charge in [0.25, 0.3) is 0 Å². The lowest BCUT2D eigenvalue weighted by Crippen LogP contribution is -2.55. The first-order chi connectivity index (χ1) is 18.6. The van der Waals surface area contributed by atoms with Crippen LogP contribution in [0, 0.1) is 24.2 Å². The average molecular weight is 525 g/mol. The predicted molar refractivity (Wildman–Crippen MR) is 151 cm³/mol. The van der Waals surface area contributed by atoms with Gasteiger partial charge in [0.15, 0.2) is 17.3 Å². The Morgan fingerprint density at radius 1 is 1.23 bits per heavy atom. The highest BCUT2D eigenvalue weighted by atomic mass is 16.5. The smallest absolute Gasteiger partial charge is 0.182 e. The number of ketones is 2. The molecule has 4 atom stereocenters. The van der Waals surface area contributed by atoms with Gasteiger partial charge in [0.2, 0.25) is 0 Å². The van der Waals surface area contributed by atoms with Crippen LogP contribution < -0.4 is 5.32 Å². The summed E-state index contributed by atoms with van der Waals surface area (Å²) in [5.41, 5.74) is 3.58. The molecule has 2 aromatic carbocycles. The second-order valence-corrected chi connectivity index (χ2v) is 11.6. The number of aliphatic hydroxyl groups excluding tert-OH is 1. The van der Waals surface area contributed by atoms with Crippen molar-refractivity contribution in [1.82, 2.24) is 10.5 Å². The highest BCUT2D eigenvalue weighted by molar-refractivity contribution is 6.24. The topological polar surface area (TPSA) is 95.4 Å². The van der Waals surface area contributed by atoms with E-state index in [0.717, 1.165) is 39.6 Å². The number of rotatable bonds is 4. The summed E-state index contributed by atoms with van der Waals surface area (Å²) in [5, 5.41) is 21.2. The molecule has 0 aliphatic heterocycles. The molecule has 1 heterocycles. The third kappa shape index (κ3) is 3.45. The van der Waals surface area contributed by atoms with E-state index in [4.69, 9.17) is 4.52 Å².